The highest BCUT2D eigenvalue weighted by atomic mass is 16.5. The number of furan rings is 1. The van der Waals surface area contributed by atoms with Gasteiger partial charge in [-0.1, -0.05) is 13.8 Å². The van der Waals surface area contributed by atoms with Crippen molar-refractivity contribution < 1.29 is 19.1 Å². The highest BCUT2D eigenvalue weighted by Gasteiger charge is 2.36. The van der Waals surface area contributed by atoms with Gasteiger partial charge in [-0.3, -0.25) is 4.79 Å². The lowest BCUT2D eigenvalue weighted by molar-refractivity contribution is -0.140. The number of carboxylic acids is 1. The van der Waals surface area contributed by atoms with Crippen molar-refractivity contribution in [1.29, 1.82) is 0 Å². The van der Waals surface area contributed by atoms with E-state index in [2.05, 4.69) is 0 Å². The van der Waals surface area contributed by atoms with Crippen LogP contribution in [0.5, 0.6) is 0 Å². The Balaban J connectivity index is 2.93. The zero-order valence-corrected chi connectivity index (χ0v) is 9.69. The molecule has 5 nitrogen and oxygen atoms in total. The van der Waals surface area contributed by atoms with Crippen molar-refractivity contribution in [2.75, 3.05) is 7.11 Å². The third-order valence-electron chi connectivity index (χ3n) is 2.63. The summed E-state index contributed by atoms with van der Waals surface area (Å²) in [5.41, 5.74) is 4.87. The third-order valence-corrected chi connectivity index (χ3v) is 2.63. The van der Waals surface area contributed by atoms with Crippen molar-refractivity contribution in [2.24, 2.45) is 5.73 Å². The first-order chi connectivity index (χ1) is 7.39. The third kappa shape index (κ3) is 2.43. The van der Waals surface area contributed by atoms with Crippen molar-refractivity contribution in [2.45, 2.75) is 31.9 Å². The monoisotopic (exact) mass is 227 g/mol. The number of methoxy groups -OCH3 is 1. The maximum Gasteiger partial charge on any atom is 0.321 e. The minimum Gasteiger partial charge on any atom is -0.480 e. The number of ether oxygens (including phenoxy) is 1. The van der Waals surface area contributed by atoms with Gasteiger partial charge in [0.2, 0.25) is 0 Å². The molecule has 0 saturated carbocycles. The lowest BCUT2D eigenvalue weighted by atomic mass is 9.82. The molecule has 90 valence electrons. The van der Waals surface area contributed by atoms with E-state index in [1.807, 2.05) is 0 Å². The molecule has 0 bridgehead atoms. The second-order valence-electron chi connectivity index (χ2n) is 4.24. The van der Waals surface area contributed by atoms with Crippen LogP contribution in [0.15, 0.2) is 16.5 Å². The number of rotatable bonds is 5. The van der Waals surface area contributed by atoms with E-state index >= 15 is 0 Å². The summed E-state index contributed by atoms with van der Waals surface area (Å²) in [6.45, 7) is 3.83. The first-order valence-corrected chi connectivity index (χ1v) is 4.96. The molecule has 0 saturated heterocycles. The van der Waals surface area contributed by atoms with E-state index in [1.54, 1.807) is 33.1 Å². The minimum atomic E-state index is -1.05. The van der Waals surface area contributed by atoms with Crippen LogP contribution >= 0.6 is 0 Å². The van der Waals surface area contributed by atoms with Gasteiger partial charge in [0.05, 0.1) is 0 Å². The Labute approximate surface area is 94.2 Å². The summed E-state index contributed by atoms with van der Waals surface area (Å²) in [6, 6.07) is 2.49. The zero-order chi connectivity index (χ0) is 12.3. The molecule has 1 atom stereocenters. The minimum absolute atomic E-state index is 0.360. The number of aliphatic carboxylic acids is 1. The summed E-state index contributed by atoms with van der Waals surface area (Å²) in [7, 11) is 1.57. The Kier molecular flexibility index (Phi) is 3.72. The molecule has 1 unspecified atom stereocenters. The van der Waals surface area contributed by atoms with Crippen molar-refractivity contribution >= 4 is 5.97 Å². The summed E-state index contributed by atoms with van der Waals surface area (Å²) in [5.74, 6) is 0.160. The van der Waals surface area contributed by atoms with Crippen molar-refractivity contribution in [3.63, 3.8) is 0 Å². The molecule has 0 amide bonds. The molecular formula is C11H17NO4. The summed E-state index contributed by atoms with van der Waals surface area (Å²) >= 11 is 0. The highest BCUT2D eigenvalue weighted by molar-refractivity contribution is 5.75. The molecule has 0 fully saturated rings. The lowest BCUT2D eigenvalue weighted by Crippen LogP contribution is -2.46. The SMILES string of the molecule is COCc1ccc(C(C)(C)C(N)C(=O)O)o1. The standard InChI is InChI=1S/C11H17NO4/c1-11(2,9(12)10(13)14)8-5-4-7(16-8)6-15-3/h4-5,9H,6,12H2,1-3H3,(H,13,14). The van der Waals surface area contributed by atoms with Gasteiger partial charge in [0.1, 0.15) is 24.2 Å². The van der Waals surface area contributed by atoms with Crippen molar-refractivity contribution in [3.8, 4) is 0 Å². The van der Waals surface area contributed by atoms with Crippen LogP contribution in [0.25, 0.3) is 0 Å². The Bertz CT molecular complexity index is 370. The van der Waals surface area contributed by atoms with Gasteiger partial charge in [0.25, 0.3) is 0 Å². The van der Waals surface area contributed by atoms with E-state index in [0.717, 1.165) is 0 Å². The van der Waals surface area contributed by atoms with Crippen LogP contribution in [0.2, 0.25) is 0 Å². The molecule has 3 N–H and O–H groups in total. The van der Waals surface area contributed by atoms with Gasteiger partial charge >= 0.3 is 5.97 Å². The van der Waals surface area contributed by atoms with Crippen LogP contribution in [0.4, 0.5) is 0 Å². The molecule has 0 aliphatic heterocycles. The van der Waals surface area contributed by atoms with E-state index in [4.69, 9.17) is 20.0 Å². The second kappa shape index (κ2) is 4.67. The lowest BCUT2D eigenvalue weighted by Gasteiger charge is -2.26. The van der Waals surface area contributed by atoms with Crippen molar-refractivity contribution in [1.82, 2.24) is 0 Å². The van der Waals surface area contributed by atoms with E-state index in [-0.39, 0.29) is 0 Å². The molecule has 0 aliphatic rings. The highest BCUT2D eigenvalue weighted by Crippen LogP contribution is 2.28. The Hall–Kier alpha value is -1.33. The summed E-state index contributed by atoms with van der Waals surface area (Å²) in [6.07, 6.45) is 0. The molecule has 1 heterocycles. The van der Waals surface area contributed by atoms with E-state index in [1.165, 1.54) is 0 Å². The van der Waals surface area contributed by atoms with Crippen LogP contribution in [-0.2, 0) is 21.6 Å². The van der Waals surface area contributed by atoms with Gasteiger partial charge in [-0.15, -0.1) is 0 Å². The molecule has 16 heavy (non-hydrogen) atoms. The molecule has 1 aromatic rings. The smallest absolute Gasteiger partial charge is 0.321 e. The van der Waals surface area contributed by atoms with E-state index < -0.39 is 17.4 Å². The Morgan fingerprint density at radius 3 is 2.75 bits per heavy atom. The zero-order valence-electron chi connectivity index (χ0n) is 9.69. The summed E-state index contributed by atoms with van der Waals surface area (Å²) < 4.78 is 10.4. The topological polar surface area (TPSA) is 85.7 Å². The first-order valence-electron chi connectivity index (χ1n) is 4.96. The van der Waals surface area contributed by atoms with Gasteiger partial charge in [-0.05, 0) is 12.1 Å². The Morgan fingerprint density at radius 1 is 1.62 bits per heavy atom. The molecule has 1 aromatic heterocycles. The fraction of sp³-hybridized carbons (Fsp3) is 0.545. The second-order valence-corrected chi connectivity index (χ2v) is 4.24. The average Bonchev–Trinajstić information content (AvgIpc) is 2.66. The summed E-state index contributed by atoms with van der Waals surface area (Å²) in [4.78, 5) is 10.9. The number of carboxylic acid groups (broad SMARTS) is 1. The maximum atomic E-state index is 10.9. The quantitative estimate of drug-likeness (QED) is 0.787. The number of nitrogens with two attached hydrogens (primary N) is 1. The largest absolute Gasteiger partial charge is 0.480 e. The average molecular weight is 227 g/mol. The Morgan fingerprint density at radius 2 is 2.25 bits per heavy atom. The van der Waals surface area contributed by atoms with Crippen LogP contribution in [0.3, 0.4) is 0 Å². The first kappa shape index (κ1) is 12.7. The summed E-state index contributed by atoms with van der Waals surface area (Å²) in [5, 5.41) is 8.90. The van der Waals surface area contributed by atoms with Gasteiger partial charge < -0.3 is 20.0 Å². The van der Waals surface area contributed by atoms with Gasteiger partial charge in [0, 0.05) is 12.5 Å². The maximum absolute atomic E-state index is 10.9. The van der Waals surface area contributed by atoms with Gasteiger partial charge in [-0.25, -0.2) is 0 Å². The number of hydrogen-bond acceptors (Lipinski definition) is 4. The number of carbonyl (C=O) groups is 1. The molecule has 0 aromatic carbocycles. The van der Waals surface area contributed by atoms with Crippen LogP contribution in [0, 0.1) is 0 Å². The fourth-order valence-electron chi connectivity index (χ4n) is 1.41. The van der Waals surface area contributed by atoms with Crippen molar-refractivity contribution in [3.05, 3.63) is 23.7 Å². The molecule has 0 radical (unpaired) electrons. The van der Waals surface area contributed by atoms with Crippen LogP contribution in [0.1, 0.15) is 25.4 Å². The fourth-order valence-corrected chi connectivity index (χ4v) is 1.41. The molecule has 0 aliphatic carbocycles. The van der Waals surface area contributed by atoms with Crippen LogP contribution < -0.4 is 5.73 Å². The molecule has 5 heteroatoms. The number of hydrogen-bond donors (Lipinski definition) is 2. The van der Waals surface area contributed by atoms with E-state index in [9.17, 15) is 4.79 Å². The molecule has 1 rings (SSSR count). The van der Waals surface area contributed by atoms with E-state index in [0.29, 0.717) is 18.1 Å². The van der Waals surface area contributed by atoms with Gasteiger partial charge in [0.15, 0.2) is 0 Å². The van der Waals surface area contributed by atoms with Gasteiger partial charge in [-0.2, -0.15) is 0 Å². The normalized spacial score (nSPS) is 13.8. The molecule has 0 spiro atoms. The molecular weight excluding hydrogens is 210 g/mol. The predicted molar refractivity (Wildman–Crippen MR) is 58.1 cm³/mol. The predicted octanol–water partition coefficient (Wildman–Crippen LogP) is 1.12. The van der Waals surface area contributed by atoms with Crippen LogP contribution in [-0.4, -0.2) is 24.2 Å².